The Bertz CT molecular complexity index is 992. The number of allylic oxidation sites excluding steroid dienone is 1. The van der Waals surface area contributed by atoms with Gasteiger partial charge in [-0.2, -0.15) is 13.2 Å². The summed E-state index contributed by atoms with van der Waals surface area (Å²) in [5.74, 6) is -3.19. The van der Waals surface area contributed by atoms with Crippen LogP contribution in [0.2, 0.25) is 0 Å². The number of anilines is 1. The van der Waals surface area contributed by atoms with Crippen molar-refractivity contribution in [1.82, 2.24) is 19.4 Å². The quantitative estimate of drug-likeness (QED) is 0.561. The largest absolute Gasteiger partial charge is 0.419 e. The van der Waals surface area contributed by atoms with E-state index in [0.717, 1.165) is 6.07 Å². The fraction of sp³-hybridized carbons (Fsp3) is 0.545. The topological polar surface area (TPSA) is 80.2 Å². The number of likely N-dealkylation sites (tertiary alicyclic amines) is 1. The second-order valence-electron chi connectivity index (χ2n) is 8.68. The van der Waals surface area contributed by atoms with Gasteiger partial charge in [-0.05, 0) is 12.0 Å². The van der Waals surface area contributed by atoms with Crippen molar-refractivity contribution in [2.75, 3.05) is 18.8 Å². The van der Waals surface area contributed by atoms with Crippen LogP contribution in [0.15, 0.2) is 30.7 Å². The lowest BCUT2D eigenvalue weighted by atomic mass is 10.1. The first-order valence-electron chi connectivity index (χ1n) is 10.7. The van der Waals surface area contributed by atoms with Gasteiger partial charge in [0.2, 0.25) is 0 Å². The highest BCUT2D eigenvalue weighted by molar-refractivity contribution is 5.62. The van der Waals surface area contributed by atoms with Crippen molar-refractivity contribution in [1.29, 1.82) is 0 Å². The fourth-order valence-corrected chi connectivity index (χ4v) is 3.68. The van der Waals surface area contributed by atoms with Gasteiger partial charge in [-0.3, -0.25) is 0 Å². The van der Waals surface area contributed by atoms with Crippen LogP contribution in [0.1, 0.15) is 50.6 Å². The zero-order valence-corrected chi connectivity index (χ0v) is 18.5. The van der Waals surface area contributed by atoms with Crippen molar-refractivity contribution in [2.24, 2.45) is 5.92 Å². The van der Waals surface area contributed by atoms with Crippen LogP contribution >= 0.6 is 0 Å². The van der Waals surface area contributed by atoms with Gasteiger partial charge in [0, 0.05) is 62.6 Å². The summed E-state index contributed by atoms with van der Waals surface area (Å²) >= 11 is 0. The van der Waals surface area contributed by atoms with Crippen LogP contribution in [-0.4, -0.2) is 43.6 Å². The summed E-state index contributed by atoms with van der Waals surface area (Å²) in [6.07, 6.45) is -2.92. The number of hydrogen-bond acceptors (Lipinski definition) is 5. The highest BCUT2D eigenvalue weighted by Gasteiger charge is 2.35. The highest BCUT2D eigenvalue weighted by atomic mass is 19.4. The molecule has 1 fully saturated rings. The predicted molar refractivity (Wildman–Crippen MR) is 114 cm³/mol. The molecule has 0 aliphatic carbocycles. The van der Waals surface area contributed by atoms with Gasteiger partial charge in [0.25, 0.3) is 5.92 Å². The number of aliphatic hydroxyl groups excluding tert-OH is 1. The number of aryl methyl sites for hydroxylation is 1. The Morgan fingerprint density at radius 2 is 1.91 bits per heavy atom. The normalized spacial score (nSPS) is 17.4. The number of pyridine rings is 1. The molecule has 1 aliphatic rings. The molecule has 182 valence electrons. The average molecular weight is 473 g/mol. The maximum Gasteiger partial charge on any atom is 0.419 e. The molecule has 0 radical (unpaired) electrons. The molecule has 0 spiro atoms. The third kappa shape index (κ3) is 5.82. The number of rotatable bonds is 7. The number of imidazole rings is 1. The second-order valence-corrected chi connectivity index (χ2v) is 8.68. The molecule has 0 bridgehead atoms. The molecule has 1 aliphatic heterocycles. The number of nitrogens with zero attached hydrogens (tertiary/aromatic N) is 4. The smallest absolute Gasteiger partial charge is 0.385 e. The number of hydrogen-bond donors (Lipinski definition) is 2. The van der Waals surface area contributed by atoms with Gasteiger partial charge in [0.05, 0.1) is 11.3 Å². The molecule has 3 rings (SSSR count). The van der Waals surface area contributed by atoms with E-state index in [1.54, 1.807) is 24.6 Å². The number of aromatic nitrogens is 3. The maximum atomic E-state index is 13.4. The van der Waals surface area contributed by atoms with E-state index in [1.807, 2.05) is 4.90 Å². The zero-order chi connectivity index (χ0) is 24.6. The molecule has 3 N–H and O–H groups in total. The number of halogens is 5. The molecule has 6 nitrogen and oxygen atoms in total. The van der Waals surface area contributed by atoms with Gasteiger partial charge in [-0.25, -0.2) is 18.7 Å². The van der Waals surface area contributed by atoms with Crippen LogP contribution < -0.4 is 5.73 Å². The summed E-state index contributed by atoms with van der Waals surface area (Å²) in [7, 11) is 0. The lowest BCUT2D eigenvalue weighted by Gasteiger charge is -2.34. The Labute approximate surface area is 188 Å². The summed E-state index contributed by atoms with van der Waals surface area (Å²) in [5, 5.41) is 10.6. The molecule has 2 aromatic rings. The van der Waals surface area contributed by atoms with Crippen molar-refractivity contribution in [2.45, 2.75) is 57.9 Å². The Morgan fingerprint density at radius 3 is 2.48 bits per heavy atom. The summed E-state index contributed by atoms with van der Waals surface area (Å²) < 4.78 is 68.3. The minimum Gasteiger partial charge on any atom is -0.385 e. The standard InChI is InChI=1S/C22H28F5N5O/c1-13(2)18(33)20-30-17(15-10-16(22(25,26)27)19(28)29-11-15)12-32(20)7-4-14(3)31-8-5-21(23,24)6-9-31/h10-13,18,33H,3-9H2,1-2H3,(H2,28,29)/t18-/m1/s1. The van der Waals surface area contributed by atoms with Crippen molar-refractivity contribution in [3.63, 3.8) is 0 Å². The molecule has 0 amide bonds. The predicted octanol–water partition coefficient (Wildman–Crippen LogP) is 4.87. The van der Waals surface area contributed by atoms with E-state index >= 15 is 0 Å². The molecule has 0 aromatic carbocycles. The van der Waals surface area contributed by atoms with Crippen molar-refractivity contribution >= 4 is 5.82 Å². The molecule has 11 heteroatoms. The first-order chi connectivity index (χ1) is 15.3. The number of aliphatic hydroxyl groups is 1. The van der Waals surface area contributed by atoms with E-state index in [0.29, 0.717) is 24.5 Å². The molecule has 0 unspecified atom stereocenters. The average Bonchev–Trinajstić information content (AvgIpc) is 3.14. The fourth-order valence-electron chi connectivity index (χ4n) is 3.68. The minimum absolute atomic E-state index is 0.115. The van der Waals surface area contributed by atoms with Crippen molar-refractivity contribution in [3.8, 4) is 11.3 Å². The van der Waals surface area contributed by atoms with E-state index in [9.17, 15) is 27.1 Å². The molecule has 1 saturated heterocycles. The van der Waals surface area contributed by atoms with Gasteiger partial charge >= 0.3 is 6.18 Å². The number of piperidine rings is 1. The summed E-state index contributed by atoms with van der Waals surface area (Å²) in [5.41, 5.74) is 5.34. The van der Waals surface area contributed by atoms with E-state index in [1.165, 1.54) is 6.20 Å². The Morgan fingerprint density at radius 1 is 1.27 bits per heavy atom. The van der Waals surface area contributed by atoms with Gasteiger partial charge < -0.3 is 20.3 Å². The van der Waals surface area contributed by atoms with Crippen LogP contribution in [-0.2, 0) is 12.7 Å². The van der Waals surface area contributed by atoms with E-state index in [4.69, 9.17) is 5.73 Å². The third-order valence-electron chi connectivity index (χ3n) is 5.81. The first kappa shape index (κ1) is 24.9. The van der Waals surface area contributed by atoms with Crippen molar-refractivity contribution in [3.05, 3.63) is 42.1 Å². The molecular weight excluding hydrogens is 445 g/mol. The first-order valence-corrected chi connectivity index (χ1v) is 10.7. The van der Waals surface area contributed by atoms with Crippen LogP contribution in [0.3, 0.4) is 0 Å². The molecule has 2 aromatic heterocycles. The maximum absolute atomic E-state index is 13.4. The van der Waals surface area contributed by atoms with Gasteiger partial charge in [0.1, 0.15) is 17.7 Å². The SMILES string of the molecule is C=C(CCn1cc(-c2cnc(N)c(C(F)(F)F)c2)nc1[C@H](O)C(C)C)N1CCC(F)(F)CC1. The Kier molecular flexibility index (Phi) is 7.01. The third-order valence-corrected chi connectivity index (χ3v) is 5.81. The minimum atomic E-state index is -4.67. The van der Waals surface area contributed by atoms with Crippen LogP contribution in [0.25, 0.3) is 11.3 Å². The monoisotopic (exact) mass is 473 g/mol. The van der Waals surface area contributed by atoms with Gasteiger partial charge in [0.15, 0.2) is 0 Å². The van der Waals surface area contributed by atoms with E-state index in [-0.39, 0.29) is 43.1 Å². The van der Waals surface area contributed by atoms with Crippen molar-refractivity contribution < 1.29 is 27.1 Å². The zero-order valence-electron chi connectivity index (χ0n) is 18.5. The van der Waals surface area contributed by atoms with E-state index < -0.39 is 29.6 Å². The van der Waals surface area contributed by atoms with E-state index in [2.05, 4.69) is 16.5 Å². The summed E-state index contributed by atoms with van der Waals surface area (Å²) in [6.45, 7) is 8.33. The lowest BCUT2D eigenvalue weighted by molar-refractivity contribution is -0.137. The van der Waals surface area contributed by atoms with Crippen LogP contribution in [0.5, 0.6) is 0 Å². The highest BCUT2D eigenvalue weighted by Crippen LogP contribution is 2.36. The second kappa shape index (κ2) is 9.28. The molecule has 0 saturated carbocycles. The van der Waals surface area contributed by atoms with Crippen LogP contribution in [0.4, 0.5) is 27.8 Å². The van der Waals surface area contributed by atoms with Crippen LogP contribution in [0, 0.1) is 5.92 Å². The number of nitrogens with two attached hydrogens (primary N) is 1. The molecule has 3 heterocycles. The van der Waals surface area contributed by atoms with Gasteiger partial charge in [-0.1, -0.05) is 20.4 Å². The summed E-state index contributed by atoms with van der Waals surface area (Å²) in [4.78, 5) is 9.85. The lowest BCUT2D eigenvalue weighted by Crippen LogP contribution is -2.38. The molecule has 1 atom stereocenters. The number of alkyl halides is 5. The molecule has 33 heavy (non-hydrogen) atoms. The Balaban J connectivity index is 1.84. The summed E-state index contributed by atoms with van der Waals surface area (Å²) in [6, 6.07) is 0.882. The number of nitrogen functional groups attached to an aromatic ring is 1. The molecular formula is C22H28F5N5O. The van der Waals surface area contributed by atoms with Gasteiger partial charge in [-0.15, -0.1) is 0 Å². The Hall–Kier alpha value is -2.69.